The first-order valence-electron chi connectivity index (χ1n) is 4.42. The fraction of sp³-hybridized carbons (Fsp3) is 0.167. The molecule has 0 N–H and O–H groups in total. The Morgan fingerprint density at radius 3 is 2.36 bits per heavy atom. The van der Waals surface area contributed by atoms with Gasteiger partial charge in [-0.1, -0.05) is 5.92 Å². The van der Waals surface area contributed by atoms with E-state index in [-0.39, 0.29) is 0 Å². The van der Waals surface area contributed by atoms with Gasteiger partial charge in [-0.15, -0.1) is 6.42 Å². The summed E-state index contributed by atoms with van der Waals surface area (Å²) in [4.78, 5) is 8.85. The third-order valence-corrected chi connectivity index (χ3v) is 2.24. The molecule has 14 heavy (non-hydrogen) atoms. The summed E-state index contributed by atoms with van der Waals surface area (Å²) in [7, 11) is 0. The summed E-state index contributed by atoms with van der Waals surface area (Å²) in [6.45, 7) is 3.90. The molecule has 2 aromatic rings. The largest absolute Gasteiger partial charge is 0.250 e. The number of benzene rings is 1. The molecule has 0 bridgehead atoms. The van der Waals surface area contributed by atoms with Gasteiger partial charge in [0.25, 0.3) is 0 Å². The van der Waals surface area contributed by atoms with Crippen LogP contribution in [-0.2, 0) is 0 Å². The van der Waals surface area contributed by atoms with Crippen molar-refractivity contribution in [3.63, 3.8) is 0 Å². The number of terminal acetylenes is 1. The second kappa shape index (κ2) is 3.12. The molecule has 0 amide bonds. The lowest BCUT2D eigenvalue weighted by Crippen LogP contribution is -1.93. The normalized spacial score (nSPS) is 10.1. The average molecular weight is 182 g/mol. The van der Waals surface area contributed by atoms with Crippen LogP contribution in [0.4, 0.5) is 0 Å². The van der Waals surface area contributed by atoms with E-state index >= 15 is 0 Å². The van der Waals surface area contributed by atoms with E-state index in [1.807, 2.05) is 32.0 Å². The van der Waals surface area contributed by atoms with Crippen molar-refractivity contribution in [3.05, 3.63) is 35.2 Å². The minimum Gasteiger partial charge on any atom is -0.250 e. The SMILES string of the molecule is C#Cc1ccc2nc(C)c(C)nc2c1. The van der Waals surface area contributed by atoms with Crippen molar-refractivity contribution in [2.45, 2.75) is 13.8 Å². The number of hydrogen-bond donors (Lipinski definition) is 0. The lowest BCUT2D eigenvalue weighted by Gasteiger charge is -2.02. The van der Waals surface area contributed by atoms with Crippen LogP contribution in [0.1, 0.15) is 17.0 Å². The summed E-state index contributed by atoms with van der Waals surface area (Å²) in [5, 5.41) is 0. The van der Waals surface area contributed by atoms with Crippen LogP contribution in [0.15, 0.2) is 18.2 Å². The molecule has 0 spiro atoms. The standard InChI is InChI=1S/C12H10N2/c1-4-10-5-6-11-12(7-10)14-9(3)8(2)13-11/h1,5-7H,2-3H3. The monoisotopic (exact) mass is 182 g/mol. The van der Waals surface area contributed by atoms with Gasteiger partial charge in [0.2, 0.25) is 0 Å². The van der Waals surface area contributed by atoms with Crippen LogP contribution in [0.5, 0.6) is 0 Å². The summed E-state index contributed by atoms with van der Waals surface area (Å²) in [6, 6.07) is 5.67. The Hall–Kier alpha value is -1.88. The Bertz CT molecular complexity index is 536. The molecule has 0 atom stereocenters. The fourth-order valence-corrected chi connectivity index (χ4v) is 1.32. The predicted molar refractivity (Wildman–Crippen MR) is 56.9 cm³/mol. The molecule has 2 rings (SSSR count). The minimum absolute atomic E-state index is 0.843. The zero-order chi connectivity index (χ0) is 10.1. The zero-order valence-corrected chi connectivity index (χ0v) is 8.20. The Balaban J connectivity index is 2.78. The third-order valence-electron chi connectivity index (χ3n) is 2.24. The molecule has 68 valence electrons. The summed E-state index contributed by atoms with van der Waals surface area (Å²) >= 11 is 0. The number of rotatable bonds is 0. The highest BCUT2D eigenvalue weighted by atomic mass is 14.8. The first-order chi connectivity index (χ1) is 6.70. The first-order valence-corrected chi connectivity index (χ1v) is 4.42. The van der Waals surface area contributed by atoms with E-state index < -0.39 is 0 Å². The molecule has 1 aromatic carbocycles. The van der Waals surface area contributed by atoms with Crippen molar-refractivity contribution in [3.8, 4) is 12.3 Å². The second-order valence-corrected chi connectivity index (χ2v) is 3.24. The van der Waals surface area contributed by atoms with Gasteiger partial charge in [-0.05, 0) is 32.0 Å². The van der Waals surface area contributed by atoms with Gasteiger partial charge in [0, 0.05) is 5.56 Å². The smallest absolute Gasteiger partial charge is 0.0902 e. The van der Waals surface area contributed by atoms with Crippen molar-refractivity contribution in [1.29, 1.82) is 0 Å². The minimum atomic E-state index is 0.843. The highest BCUT2D eigenvalue weighted by molar-refractivity contribution is 5.76. The zero-order valence-electron chi connectivity index (χ0n) is 8.20. The number of nitrogens with zero attached hydrogens (tertiary/aromatic N) is 2. The maximum Gasteiger partial charge on any atom is 0.0902 e. The van der Waals surface area contributed by atoms with Crippen molar-refractivity contribution >= 4 is 11.0 Å². The van der Waals surface area contributed by atoms with Gasteiger partial charge in [0.1, 0.15) is 0 Å². The average Bonchev–Trinajstić information content (AvgIpc) is 2.19. The third kappa shape index (κ3) is 1.33. The molecule has 0 aliphatic heterocycles. The van der Waals surface area contributed by atoms with Gasteiger partial charge in [0.05, 0.1) is 22.4 Å². The molecule has 2 nitrogen and oxygen atoms in total. The molecule has 0 saturated heterocycles. The van der Waals surface area contributed by atoms with Crippen LogP contribution < -0.4 is 0 Å². The highest BCUT2D eigenvalue weighted by Gasteiger charge is 2.01. The van der Waals surface area contributed by atoms with Gasteiger partial charge in [-0.2, -0.15) is 0 Å². The van der Waals surface area contributed by atoms with E-state index in [1.165, 1.54) is 0 Å². The van der Waals surface area contributed by atoms with Crippen LogP contribution in [0.3, 0.4) is 0 Å². The molecule has 2 heteroatoms. The number of fused-ring (bicyclic) bond motifs is 1. The van der Waals surface area contributed by atoms with E-state index in [1.54, 1.807) is 0 Å². The van der Waals surface area contributed by atoms with Gasteiger partial charge in [-0.3, -0.25) is 0 Å². The van der Waals surface area contributed by atoms with Crippen LogP contribution >= 0.6 is 0 Å². The van der Waals surface area contributed by atoms with Crippen molar-refractivity contribution in [2.75, 3.05) is 0 Å². The molecule has 1 heterocycles. The van der Waals surface area contributed by atoms with Gasteiger partial charge in [0.15, 0.2) is 0 Å². The van der Waals surface area contributed by atoms with Gasteiger partial charge >= 0.3 is 0 Å². The lowest BCUT2D eigenvalue weighted by molar-refractivity contribution is 1.10. The predicted octanol–water partition coefficient (Wildman–Crippen LogP) is 2.23. The molecule has 0 fully saturated rings. The maximum atomic E-state index is 5.31. The van der Waals surface area contributed by atoms with E-state index in [9.17, 15) is 0 Å². The molecule has 0 radical (unpaired) electrons. The van der Waals surface area contributed by atoms with E-state index in [0.717, 1.165) is 28.0 Å². The lowest BCUT2D eigenvalue weighted by atomic mass is 10.2. The fourth-order valence-electron chi connectivity index (χ4n) is 1.32. The molecular formula is C12H10N2. The number of aromatic nitrogens is 2. The van der Waals surface area contributed by atoms with Crippen molar-refractivity contribution < 1.29 is 0 Å². The molecule has 0 aliphatic carbocycles. The molecule has 0 aliphatic rings. The van der Waals surface area contributed by atoms with Crippen LogP contribution in [0.2, 0.25) is 0 Å². The van der Waals surface area contributed by atoms with Crippen molar-refractivity contribution in [2.24, 2.45) is 0 Å². The van der Waals surface area contributed by atoms with E-state index in [0.29, 0.717) is 0 Å². The van der Waals surface area contributed by atoms with E-state index in [4.69, 9.17) is 6.42 Å². The highest BCUT2D eigenvalue weighted by Crippen LogP contribution is 2.13. The number of aryl methyl sites for hydroxylation is 2. The molecule has 1 aromatic heterocycles. The summed E-state index contributed by atoms with van der Waals surface area (Å²) < 4.78 is 0. The van der Waals surface area contributed by atoms with Crippen LogP contribution in [0.25, 0.3) is 11.0 Å². The van der Waals surface area contributed by atoms with Gasteiger partial charge in [-0.25, -0.2) is 9.97 Å². The van der Waals surface area contributed by atoms with Crippen LogP contribution in [0, 0.1) is 26.2 Å². The summed E-state index contributed by atoms with van der Waals surface area (Å²) in [6.07, 6.45) is 5.31. The van der Waals surface area contributed by atoms with Gasteiger partial charge < -0.3 is 0 Å². The Labute approximate surface area is 83.0 Å². The number of hydrogen-bond acceptors (Lipinski definition) is 2. The molecular weight excluding hydrogens is 172 g/mol. The van der Waals surface area contributed by atoms with Crippen LogP contribution in [-0.4, -0.2) is 9.97 Å². The topological polar surface area (TPSA) is 25.8 Å². The Morgan fingerprint density at radius 1 is 1.07 bits per heavy atom. The Morgan fingerprint density at radius 2 is 1.71 bits per heavy atom. The van der Waals surface area contributed by atoms with E-state index in [2.05, 4.69) is 15.9 Å². The van der Waals surface area contributed by atoms with Crippen molar-refractivity contribution in [1.82, 2.24) is 9.97 Å². The first kappa shape index (κ1) is 8.71. The Kier molecular flexibility index (Phi) is 1.94. The molecule has 0 unspecified atom stereocenters. The molecule has 0 saturated carbocycles. The second-order valence-electron chi connectivity index (χ2n) is 3.24. The summed E-state index contributed by atoms with van der Waals surface area (Å²) in [5.41, 5.74) is 4.52. The summed E-state index contributed by atoms with van der Waals surface area (Å²) in [5.74, 6) is 2.59. The quantitative estimate of drug-likeness (QED) is 0.584. The maximum absolute atomic E-state index is 5.31.